The Morgan fingerprint density at radius 2 is 1.64 bits per heavy atom. The average molecular weight is 794 g/mol. The number of rotatable bonds is 7. The van der Waals surface area contributed by atoms with Crippen LogP contribution < -0.4 is 20.9 Å². The number of nitrogens with zero attached hydrogens (tertiary/aromatic N) is 5. The van der Waals surface area contributed by atoms with Crippen molar-refractivity contribution < 1.29 is 33.8 Å². The molecule has 2 aromatic carbocycles. The normalized spacial score (nSPS) is 24.0. The average Bonchev–Trinajstić information content (AvgIpc) is 3.50. The molecule has 3 amide bonds. The zero-order valence-electron chi connectivity index (χ0n) is 33.3. The standard InChI is InChI=1S/C43H51N7O8/c1-42(2,3)58-41(56)46-34-11-9-7-5-6-8-10-29-23-43(29,40(54)55)47-37(51)35-22-31(25-49(35)38(34)52)50-39(53)36(28-12-16-30(17-13-28)48-21-20-44-26-48)33(24-45-50)27-14-18-32(57-4)19-15-27/h12-21,24,26,29,31,34-35H,5-11,22-23,25H2,1-4H3,(H,46,56)(H,47,51)(H,54,55)/t29-,31+,34-,35?,43+/m1/s1. The van der Waals surface area contributed by atoms with Crippen LogP contribution >= 0.6 is 0 Å². The van der Waals surface area contributed by atoms with E-state index in [1.54, 1.807) is 58.7 Å². The third-order valence-corrected chi connectivity index (χ3v) is 11.4. The summed E-state index contributed by atoms with van der Waals surface area (Å²) in [6, 6.07) is 11.8. The molecule has 7 rings (SSSR count). The Morgan fingerprint density at radius 1 is 0.948 bits per heavy atom. The van der Waals surface area contributed by atoms with Crippen LogP contribution in [0.5, 0.6) is 5.75 Å². The van der Waals surface area contributed by atoms with E-state index in [2.05, 4.69) is 20.7 Å². The van der Waals surface area contributed by atoms with E-state index in [-0.39, 0.29) is 18.9 Å². The Balaban J connectivity index is 1.28. The van der Waals surface area contributed by atoms with Crippen LogP contribution in [0.4, 0.5) is 4.79 Å². The van der Waals surface area contributed by atoms with E-state index in [1.165, 1.54) is 9.58 Å². The maximum Gasteiger partial charge on any atom is 0.408 e. The van der Waals surface area contributed by atoms with Gasteiger partial charge in [0.05, 0.1) is 31.2 Å². The molecule has 1 aliphatic carbocycles. The number of aromatic nitrogens is 4. The number of hydrogen-bond donors (Lipinski definition) is 3. The van der Waals surface area contributed by atoms with Crippen molar-refractivity contribution in [2.24, 2.45) is 5.92 Å². The minimum Gasteiger partial charge on any atom is -0.497 e. The highest BCUT2D eigenvalue weighted by Gasteiger charge is 2.62. The highest BCUT2D eigenvalue weighted by atomic mass is 16.6. The molecular weight excluding hydrogens is 743 g/mol. The number of benzene rings is 2. The predicted octanol–water partition coefficient (Wildman–Crippen LogP) is 5.51. The summed E-state index contributed by atoms with van der Waals surface area (Å²) in [5.41, 5.74) is 0.468. The number of alkyl carbamates (subject to hydrolysis) is 1. The second-order valence-electron chi connectivity index (χ2n) is 16.5. The number of ether oxygens (including phenoxy) is 2. The topological polar surface area (TPSA) is 187 Å². The Kier molecular flexibility index (Phi) is 11.4. The number of carbonyl (C=O) groups excluding carboxylic acids is 3. The van der Waals surface area contributed by atoms with Gasteiger partial charge in [-0.2, -0.15) is 5.10 Å². The van der Waals surface area contributed by atoms with Crippen molar-refractivity contribution in [2.75, 3.05) is 13.7 Å². The minimum absolute atomic E-state index is 0.00903. The van der Waals surface area contributed by atoms with Gasteiger partial charge in [-0.15, -0.1) is 0 Å². The lowest BCUT2D eigenvalue weighted by atomic mass is 9.96. The molecule has 4 heterocycles. The smallest absolute Gasteiger partial charge is 0.408 e. The molecule has 0 spiro atoms. The Hall–Kier alpha value is -5.99. The van der Waals surface area contributed by atoms with E-state index in [4.69, 9.17) is 9.47 Å². The van der Waals surface area contributed by atoms with Gasteiger partial charge in [0.15, 0.2) is 0 Å². The van der Waals surface area contributed by atoms with E-state index < -0.39 is 58.7 Å². The van der Waals surface area contributed by atoms with Crippen LogP contribution in [0.3, 0.4) is 0 Å². The van der Waals surface area contributed by atoms with Crippen molar-refractivity contribution in [3.05, 3.63) is 83.8 Å². The van der Waals surface area contributed by atoms with Gasteiger partial charge in [-0.25, -0.2) is 19.3 Å². The number of aliphatic carboxylic acids is 1. The fourth-order valence-electron chi connectivity index (χ4n) is 8.32. The number of carbonyl (C=O) groups is 4. The number of carboxylic acids is 1. The number of methoxy groups -OCH3 is 1. The highest BCUT2D eigenvalue weighted by molar-refractivity contribution is 5.96. The summed E-state index contributed by atoms with van der Waals surface area (Å²) in [5.74, 6) is -1.82. The Morgan fingerprint density at radius 3 is 2.29 bits per heavy atom. The van der Waals surface area contributed by atoms with Gasteiger partial charge < -0.3 is 34.7 Å². The van der Waals surface area contributed by atoms with Gasteiger partial charge in [-0.1, -0.05) is 56.4 Å². The van der Waals surface area contributed by atoms with Gasteiger partial charge in [0.1, 0.15) is 29.0 Å². The molecule has 5 atom stereocenters. The monoisotopic (exact) mass is 793 g/mol. The molecule has 3 fully saturated rings. The maximum absolute atomic E-state index is 14.8. The SMILES string of the molecule is COc1ccc(-c2cnn([C@H]3CC4C(=O)N[C@@]5(C(=O)O)C[C@H]5CCCCCCC[C@@H](NC(=O)OC(C)(C)C)C(=O)N4C3)c(=O)c2-c2ccc(-n3ccnc3)cc2)cc1. The molecule has 2 aliphatic heterocycles. The predicted molar refractivity (Wildman–Crippen MR) is 214 cm³/mol. The van der Waals surface area contributed by atoms with E-state index in [1.807, 2.05) is 47.2 Å². The summed E-state index contributed by atoms with van der Waals surface area (Å²) < 4.78 is 14.1. The summed E-state index contributed by atoms with van der Waals surface area (Å²) in [4.78, 5) is 75.0. The van der Waals surface area contributed by atoms with Crippen LogP contribution in [0.1, 0.15) is 84.6 Å². The van der Waals surface area contributed by atoms with Gasteiger partial charge in [-0.3, -0.25) is 14.4 Å². The van der Waals surface area contributed by atoms with Gasteiger partial charge in [-0.05, 0) is 81.3 Å². The second-order valence-corrected chi connectivity index (χ2v) is 16.5. The fourth-order valence-corrected chi connectivity index (χ4v) is 8.32. The first-order valence-electron chi connectivity index (χ1n) is 20.0. The summed E-state index contributed by atoms with van der Waals surface area (Å²) in [5, 5.41) is 20.6. The van der Waals surface area contributed by atoms with Crippen LogP contribution in [0.15, 0.2) is 78.2 Å². The molecule has 2 saturated heterocycles. The molecule has 306 valence electrons. The van der Waals surface area contributed by atoms with Crippen LogP contribution in [0, 0.1) is 5.92 Å². The number of amides is 3. The van der Waals surface area contributed by atoms with Crippen LogP contribution in [-0.4, -0.2) is 90.1 Å². The van der Waals surface area contributed by atoms with Crippen molar-refractivity contribution in [1.82, 2.24) is 34.9 Å². The van der Waals surface area contributed by atoms with Crippen molar-refractivity contribution >= 4 is 23.9 Å². The molecule has 3 N–H and O–H groups in total. The molecule has 0 bridgehead atoms. The molecule has 58 heavy (non-hydrogen) atoms. The van der Waals surface area contributed by atoms with Crippen molar-refractivity contribution in [3.63, 3.8) is 0 Å². The zero-order valence-corrected chi connectivity index (χ0v) is 33.3. The number of hydrogen-bond acceptors (Lipinski definition) is 9. The van der Waals surface area contributed by atoms with Crippen molar-refractivity contribution in [2.45, 2.75) is 108 Å². The van der Waals surface area contributed by atoms with Gasteiger partial charge in [0, 0.05) is 36.6 Å². The first-order valence-corrected chi connectivity index (χ1v) is 20.0. The first-order chi connectivity index (χ1) is 27.8. The second kappa shape index (κ2) is 16.5. The van der Waals surface area contributed by atoms with E-state index in [0.717, 1.165) is 36.9 Å². The van der Waals surface area contributed by atoms with Crippen LogP contribution in [-0.2, 0) is 19.1 Å². The largest absolute Gasteiger partial charge is 0.497 e. The zero-order chi connectivity index (χ0) is 41.2. The number of imidazole rings is 1. The molecule has 15 nitrogen and oxygen atoms in total. The molecule has 2 aromatic heterocycles. The van der Waals surface area contributed by atoms with Gasteiger partial charge in [0.2, 0.25) is 11.8 Å². The minimum atomic E-state index is -1.43. The molecule has 3 aliphatic rings. The molecule has 15 heteroatoms. The third kappa shape index (κ3) is 8.48. The third-order valence-electron chi connectivity index (χ3n) is 11.4. The Labute approximate surface area is 336 Å². The quantitative estimate of drug-likeness (QED) is 0.215. The summed E-state index contributed by atoms with van der Waals surface area (Å²) >= 11 is 0. The van der Waals surface area contributed by atoms with E-state index in [9.17, 15) is 29.1 Å². The summed E-state index contributed by atoms with van der Waals surface area (Å²) in [7, 11) is 1.58. The molecule has 1 saturated carbocycles. The molecule has 4 aromatic rings. The van der Waals surface area contributed by atoms with Crippen molar-refractivity contribution in [3.8, 4) is 33.7 Å². The summed E-state index contributed by atoms with van der Waals surface area (Å²) in [6.45, 7) is 5.10. The van der Waals surface area contributed by atoms with Gasteiger partial charge >= 0.3 is 12.1 Å². The van der Waals surface area contributed by atoms with Gasteiger partial charge in [0.25, 0.3) is 5.56 Å². The fraction of sp³-hybridized carbons (Fsp3) is 0.465. The van der Waals surface area contributed by atoms with E-state index >= 15 is 0 Å². The lowest BCUT2D eigenvalue weighted by Gasteiger charge is -2.30. The first kappa shape index (κ1) is 40.2. The number of nitrogens with one attached hydrogen (secondary N) is 2. The summed E-state index contributed by atoms with van der Waals surface area (Å²) in [6.07, 6.45) is 11.3. The van der Waals surface area contributed by atoms with E-state index in [0.29, 0.717) is 48.1 Å². The molecule has 0 radical (unpaired) electrons. The van der Waals surface area contributed by atoms with Crippen LogP contribution in [0.2, 0.25) is 0 Å². The number of carboxylic acid groups (broad SMARTS) is 1. The lowest BCUT2D eigenvalue weighted by molar-refractivity contribution is -0.146. The molecular formula is C43H51N7O8. The maximum atomic E-state index is 14.8. The van der Waals surface area contributed by atoms with Crippen LogP contribution in [0.25, 0.3) is 27.9 Å². The highest BCUT2D eigenvalue weighted by Crippen LogP contribution is 2.48. The molecule has 1 unspecified atom stereocenters. The lowest BCUT2D eigenvalue weighted by Crippen LogP contribution is -2.56. The number of fused-ring (bicyclic) bond motifs is 2. The van der Waals surface area contributed by atoms with Crippen molar-refractivity contribution in [1.29, 1.82) is 0 Å². The Bertz CT molecular complexity index is 2200.